The second kappa shape index (κ2) is 4.74. The highest BCUT2D eigenvalue weighted by molar-refractivity contribution is 9.08. The second-order valence-corrected chi connectivity index (χ2v) is 4.43. The molecule has 0 aliphatic heterocycles. The lowest BCUT2D eigenvalue weighted by Gasteiger charge is -2.01. The van der Waals surface area contributed by atoms with Crippen molar-refractivity contribution in [3.8, 4) is 5.95 Å². The van der Waals surface area contributed by atoms with Crippen LogP contribution in [-0.2, 0) is 5.33 Å². The zero-order valence-corrected chi connectivity index (χ0v) is 10.8. The molecule has 0 unspecified atom stereocenters. The van der Waals surface area contributed by atoms with E-state index in [1.807, 2.05) is 12.3 Å². The third-order valence-electron chi connectivity index (χ3n) is 2.25. The molecule has 2 rings (SSSR count). The Balaban J connectivity index is 2.28. The van der Waals surface area contributed by atoms with Crippen molar-refractivity contribution in [1.29, 1.82) is 0 Å². The summed E-state index contributed by atoms with van der Waals surface area (Å²) in [4.78, 5) is 8.50. The lowest BCUT2D eigenvalue weighted by atomic mass is 10.1. The van der Waals surface area contributed by atoms with E-state index in [-0.39, 0.29) is 0 Å². The van der Waals surface area contributed by atoms with Gasteiger partial charge in [-0.15, -0.1) is 0 Å². The van der Waals surface area contributed by atoms with E-state index in [1.54, 1.807) is 17.1 Å². The molecule has 0 aliphatic carbocycles. The van der Waals surface area contributed by atoms with Crippen molar-refractivity contribution in [2.45, 2.75) is 25.1 Å². The van der Waals surface area contributed by atoms with Gasteiger partial charge in [-0.25, -0.2) is 14.6 Å². The number of aromatic nitrogens is 4. The summed E-state index contributed by atoms with van der Waals surface area (Å²) in [6.07, 6.45) is 5.49. The van der Waals surface area contributed by atoms with Crippen LogP contribution in [0.3, 0.4) is 0 Å². The number of hydrogen-bond acceptors (Lipinski definition) is 3. The standard InChI is InChI=1S/C11H13BrN4/c1-8(2)10-3-4-16(15-10)11-13-6-9(5-12)7-14-11/h3-4,6-8H,5H2,1-2H3. The molecule has 0 atom stereocenters. The summed E-state index contributed by atoms with van der Waals surface area (Å²) in [7, 11) is 0. The highest BCUT2D eigenvalue weighted by atomic mass is 79.9. The summed E-state index contributed by atoms with van der Waals surface area (Å²) in [5, 5.41) is 5.18. The Kier molecular flexibility index (Phi) is 3.33. The van der Waals surface area contributed by atoms with Gasteiger partial charge in [-0.3, -0.25) is 0 Å². The summed E-state index contributed by atoms with van der Waals surface area (Å²) >= 11 is 3.36. The maximum absolute atomic E-state index is 4.42. The van der Waals surface area contributed by atoms with Crippen LogP contribution in [0.2, 0.25) is 0 Å². The van der Waals surface area contributed by atoms with Gasteiger partial charge in [-0.05, 0) is 17.5 Å². The van der Waals surface area contributed by atoms with Crippen molar-refractivity contribution < 1.29 is 0 Å². The molecule has 2 aromatic rings. The molecule has 16 heavy (non-hydrogen) atoms. The molecular formula is C11H13BrN4. The van der Waals surface area contributed by atoms with Crippen LogP contribution < -0.4 is 0 Å². The van der Waals surface area contributed by atoms with Gasteiger partial charge in [0, 0.05) is 23.9 Å². The Morgan fingerprint density at radius 2 is 2.00 bits per heavy atom. The molecule has 84 valence electrons. The molecule has 0 spiro atoms. The molecule has 0 aliphatic rings. The number of nitrogens with zero attached hydrogens (tertiary/aromatic N) is 4. The monoisotopic (exact) mass is 280 g/mol. The van der Waals surface area contributed by atoms with E-state index in [1.165, 1.54) is 0 Å². The highest BCUT2D eigenvalue weighted by Crippen LogP contribution is 2.12. The first-order chi connectivity index (χ1) is 7.70. The summed E-state index contributed by atoms with van der Waals surface area (Å²) in [6, 6.07) is 1.99. The average Bonchev–Trinajstić information content (AvgIpc) is 2.78. The summed E-state index contributed by atoms with van der Waals surface area (Å²) in [5.74, 6) is 1.03. The normalized spacial score (nSPS) is 11.0. The molecule has 0 saturated carbocycles. The highest BCUT2D eigenvalue weighted by Gasteiger charge is 2.06. The molecule has 4 nitrogen and oxygen atoms in total. The topological polar surface area (TPSA) is 43.6 Å². The van der Waals surface area contributed by atoms with Crippen LogP contribution in [0.5, 0.6) is 0 Å². The predicted molar refractivity (Wildman–Crippen MR) is 65.9 cm³/mol. The quantitative estimate of drug-likeness (QED) is 0.812. The molecule has 0 bridgehead atoms. The number of halogens is 1. The van der Waals surface area contributed by atoms with Gasteiger partial charge in [0.05, 0.1) is 5.69 Å². The molecule has 2 aromatic heterocycles. The maximum Gasteiger partial charge on any atom is 0.250 e. The molecule has 0 saturated heterocycles. The fourth-order valence-electron chi connectivity index (χ4n) is 1.29. The summed E-state index contributed by atoms with van der Waals surface area (Å²) in [6.45, 7) is 4.23. The maximum atomic E-state index is 4.42. The van der Waals surface area contributed by atoms with Crippen molar-refractivity contribution >= 4 is 15.9 Å². The molecular weight excluding hydrogens is 268 g/mol. The van der Waals surface area contributed by atoms with E-state index >= 15 is 0 Å². The van der Waals surface area contributed by atoms with Crippen LogP contribution in [0.15, 0.2) is 24.7 Å². The SMILES string of the molecule is CC(C)c1ccn(-c2ncc(CBr)cn2)n1. The minimum absolute atomic E-state index is 0.420. The fraction of sp³-hybridized carbons (Fsp3) is 0.364. The molecule has 0 radical (unpaired) electrons. The van der Waals surface area contributed by atoms with Crippen LogP contribution in [0.1, 0.15) is 31.0 Å². The molecule has 5 heteroatoms. The van der Waals surface area contributed by atoms with E-state index in [9.17, 15) is 0 Å². The first kappa shape index (κ1) is 11.3. The van der Waals surface area contributed by atoms with Crippen molar-refractivity contribution in [3.63, 3.8) is 0 Å². The van der Waals surface area contributed by atoms with Crippen molar-refractivity contribution in [1.82, 2.24) is 19.7 Å². The van der Waals surface area contributed by atoms with Crippen LogP contribution >= 0.6 is 15.9 Å². The Labute approximate surface area is 103 Å². The van der Waals surface area contributed by atoms with E-state index in [0.717, 1.165) is 16.6 Å². The largest absolute Gasteiger partial charge is 0.250 e. The number of hydrogen-bond donors (Lipinski definition) is 0. The number of alkyl halides is 1. The minimum atomic E-state index is 0.420. The van der Waals surface area contributed by atoms with Crippen molar-refractivity contribution in [2.24, 2.45) is 0 Å². The Bertz CT molecular complexity index is 461. The lowest BCUT2D eigenvalue weighted by molar-refractivity contribution is 0.741. The van der Waals surface area contributed by atoms with E-state index < -0.39 is 0 Å². The fourth-order valence-corrected chi connectivity index (χ4v) is 1.58. The molecule has 0 aromatic carbocycles. The minimum Gasteiger partial charge on any atom is -0.219 e. The molecule has 2 heterocycles. The third-order valence-corrected chi connectivity index (χ3v) is 2.90. The van der Waals surface area contributed by atoms with Crippen LogP contribution in [0.25, 0.3) is 5.95 Å². The van der Waals surface area contributed by atoms with Gasteiger partial charge in [0.1, 0.15) is 0 Å². The smallest absolute Gasteiger partial charge is 0.219 e. The summed E-state index contributed by atoms with van der Waals surface area (Å²) < 4.78 is 1.70. The van der Waals surface area contributed by atoms with E-state index in [4.69, 9.17) is 0 Å². The van der Waals surface area contributed by atoms with Crippen LogP contribution in [0, 0.1) is 0 Å². The average molecular weight is 281 g/mol. The Morgan fingerprint density at radius 3 is 2.50 bits per heavy atom. The van der Waals surface area contributed by atoms with Gasteiger partial charge in [-0.1, -0.05) is 29.8 Å². The van der Waals surface area contributed by atoms with Crippen molar-refractivity contribution in [2.75, 3.05) is 0 Å². The van der Waals surface area contributed by atoms with E-state index in [2.05, 4.69) is 44.8 Å². The zero-order valence-electron chi connectivity index (χ0n) is 9.26. The van der Waals surface area contributed by atoms with Gasteiger partial charge in [0.15, 0.2) is 0 Å². The second-order valence-electron chi connectivity index (χ2n) is 3.86. The zero-order chi connectivity index (χ0) is 11.5. The first-order valence-corrected chi connectivity index (χ1v) is 6.25. The summed E-state index contributed by atoms with van der Waals surface area (Å²) in [5.41, 5.74) is 2.10. The van der Waals surface area contributed by atoms with E-state index in [0.29, 0.717) is 11.9 Å². The lowest BCUT2D eigenvalue weighted by Crippen LogP contribution is -2.03. The molecule has 0 fully saturated rings. The molecule has 0 N–H and O–H groups in total. The van der Waals surface area contributed by atoms with Gasteiger partial charge in [-0.2, -0.15) is 5.10 Å². The number of rotatable bonds is 3. The third kappa shape index (κ3) is 2.29. The molecule has 0 amide bonds. The van der Waals surface area contributed by atoms with Gasteiger partial charge < -0.3 is 0 Å². The van der Waals surface area contributed by atoms with Crippen molar-refractivity contribution in [3.05, 3.63) is 35.9 Å². The van der Waals surface area contributed by atoms with Crippen LogP contribution in [-0.4, -0.2) is 19.7 Å². The van der Waals surface area contributed by atoms with Gasteiger partial charge in [0.25, 0.3) is 0 Å². The van der Waals surface area contributed by atoms with Gasteiger partial charge in [0.2, 0.25) is 5.95 Å². The van der Waals surface area contributed by atoms with Gasteiger partial charge >= 0.3 is 0 Å². The first-order valence-electron chi connectivity index (χ1n) is 5.13. The Hall–Kier alpha value is -1.23. The Morgan fingerprint density at radius 1 is 1.31 bits per heavy atom. The predicted octanol–water partition coefficient (Wildman–Crippen LogP) is 2.68. The van der Waals surface area contributed by atoms with Crippen LogP contribution in [0.4, 0.5) is 0 Å².